The highest BCUT2D eigenvalue weighted by molar-refractivity contribution is 7.10. The minimum Gasteiger partial charge on any atom is -0.445 e. The third-order valence-corrected chi connectivity index (χ3v) is 3.62. The molecule has 20 heavy (non-hydrogen) atoms. The number of alkyl carbamates (subject to hydrolysis) is 1. The van der Waals surface area contributed by atoms with Crippen molar-refractivity contribution in [2.24, 2.45) is 5.92 Å². The van der Waals surface area contributed by atoms with Crippen LogP contribution >= 0.6 is 11.3 Å². The van der Waals surface area contributed by atoms with E-state index in [4.69, 9.17) is 4.74 Å². The van der Waals surface area contributed by atoms with Crippen LogP contribution in [-0.4, -0.2) is 24.3 Å². The van der Waals surface area contributed by atoms with Crippen LogP contribution in [0.2, 0.25) is 0 Å². The molecular weight excluding hydrogens is 278 g/mol. The van der Waals surface area contributed by atoms with Crippen molar-refractivity contribution in [3.05, 3.63) is 35.0 Å². The SMILES string of the molecule is C=CCOC(=O)NC(c1cccs1)C(C(C)=O)C(C)=O. The van der Waals surface area contributed by atoms with Gasteiger partial charge < -0.3 is 10.1 Å². The van der Waals surface area contributed by atoms with Crippen LogP contribution in [0, 0.1) is 5.92 Å². The van der Waals surface area contributed by atoms with E-state index in [1.165, 1.54) is 31.3 Å². The Morgan fingerprint density at radius 3 is 2.50 bits per heavy atom. The molecule has 1 unspecified atom stereocenters. The molecule has 0 aliphatic rings. The molecule has 0 spiro atoms. The van der Waals surface area contributed by atoms with Crippen molar-refractivity contribution in [1.29, 1.82) is 0 Å². The molecular formula is C14H17NO4S. The first-order valence-corrected chi connectivity index (χ1v) is 6.93. The highest BCUT2D eigenvalue weighted by Gasteiger charge is 2.33. The van der Waals surface area contributed by atoms with E-state index in [2.05, 4.69) is 11.9 Å². The molecule has 1 aromatic heterocycles. The molecule has 5 nitrogen and oxygen atoms in total. The minimum absolute atomic E-state index is 0.0633. The fraction of sp³-hybridized carbons (Fsp3) is 0.357. The molecule has 0 saturated carbocycles. The molecule has 1 rings (SSSR count). The van der Waals surface area contributed by atoms with Crippen molar-refractivity contribution in [3.63, 3.8) is 0 Å². The maximum Gasteiger partial charge on any atom is 0.407 e. The van der Waals surface area contributed by atoms with Gasteiger partial charge in [0.1, 0.15) is 24.1 Å². The summed E-state index contributed by atoms with van der Waals surface area (Å²) in [7, 11) is 0. The lowest BCUT2D eigenvalue weighted by Gasteiger charge is -2.23. The van der Waals surface area contributed by atoms with Gasteiger partial charge in [-0.05, 0) is 25.3 Å². The number of hydrogen-bond acceptors (Lipinski definition) is 5. The molecule has 1 amide bonds. The zero-order chi connectivity index (χ0) is 15.1. The fourth-order valence-electron chi connectivity index (χ4n) is 1.85. The summed E-state index contributed by atoms with van der Waals surface area (Å²) in [5.74, 6) is -1.50. The number of nitrogens with one attached hydrogen (secondary N) is 1. The van der Waals surface area contributed by atoms with E-state index in [-0.39, 0.29) is 18.2 Å². The van der Waals surface area contributed by atoms with Crippen molar-refractivity contribution in [2.75, 3.05) is 6.61 Å². The van der Waals surface area contributed by atoms with Gasteiger partial charge in [0.25, 0.3) is 0 Å². The molecule has 1 aromatic rings. The highest BCUT2D eigenvalue weighted by atomic mass is 32.1. The molecule has 0 saturated heterocycles. The number of ketones is 2. The Morgan fingerprint density at radius 1 is 1.40 bits per heavy atom. The molecule has 0 aliphatic carbocycles. The summed E-state index contributed by atoms with van der Waals surface area (Å²) in [4.78, 5) is 35.8. The van der Waals surface area contributed by atoms with Gasteiger partial charge in [-0.2, -0.15) is 0 Å². The molecule has 0 radical (unpaired) electrons. The monoisotopic (exact) mass is 295 g/mol. The van der Waals surface area contributed by atoms with Gasteiger partial charge >= 0.3 is 6.09 Å². The summed E-state index contributed by atoms with van der Waals surface area (Å²) in [5.41, 5.74) is 0. The number of carbonyl (C=O) groups excluding carboxylic acids is 3. The average molecular weight is 295 g/mol. The number of thiophene rings is 1. The Bertz CT molecular complexity index is 481. The zero-order valence-corrected chi connectivity index (χ0v) is 12.2. The Labute approximate surface area is 121 Å². The number of Topliss-reactive ketones (excluding diaryl/α,β-unsaturated/α-hetero) is 2. The van der Waals surface area contributed by atoms with Gasteiger partial charge in [0, 0.05) is 4.88 Å². The summed E-state index contributed by atoms with van der Waals surface area (Å²) < 4.78 is 4.84. The summed E-state index contributed by atoms with van der Waals surface area (Å²) in [5, 5.41) is 4.39. The molecule has 1 heterocycles. The van der Waals surface area contributed by atoms with Crippen molar-refractivity contribution in [3.8, 4) is 0 Å². The van der Waals surface area contributed by atoms with Crippen molar-refractivity contribution < 1.29 is 19.1 Å². The molecule has 1 N–H and O–H groups in total. The van der Waals surface area contributed by atoms with E-state index in [0.29, 0.717) is 0 Å². The predicted molar refractivity (Wildman–Crippen MR) is 76.6 cm³/mol. The first-order chi connectivity index (χ1) is 9.47. The molecule has 0 fully saturated rings. The maximum absolute atomic E-state index is 11.7. The predicted octanol–water partition coefficient (Wildman–Crippen LogP) is 2.50. The lowest BCUT2D eigenvalue weighted by Crippen LogP contribution is -2.39. The van der Waals surface area contributed by atoms with E-state index >= 15 is 0 Å². The van der Waals surface area contributed by atoms with Gasteiger partial charge in [0.15, 0.2) is 0 Å². The van der Waals surface area contributed by atoms with Gasteiger partial charge in [0.2, 0.25) is 0 Å². The summed E-state index contributed by atoms with van der Waals surface area (Å²) in [6.45, 7) is 6.18. The summed E-state index contributed by atoms with van der Waals surface area (Å²) in [6, 6.07) is 2.85. The Kier molecular flexibility index (Phi) is 6.11. The highest BCUT2D eigenvalue weighted by Crippen LogP contribution is 2.27. The standard InChI is InChI=1S/C14H17NO4S/c1-4-7-19-14(18)15-13(11-6-5-8-20-11)12(9(2)16)10(3)17/h4-6,8,12-13H,1,7H2,2-3H3,(H,15,18). The van der Waals surface area contributed by atoms with Crippen molar-refractivity contribution in [1.82, 2.24) is 5.32 Å². The van der Waals surface area contributed by atoms with Crippen molar-refractivity contribution in [2.45, 2.75) is 19.9 Å². The molecule has 108 valence electrons. The first kappa shape index (κ1) is 16.1. The Balaban J connectivity index is 2.96. The number of ether oxygens (including phenoxy) is 1. The normalized spacial score (nSPS) is 11.8. The fourth-order valence-corrected chi connectivity index (χ4v) is 2.66. The second-order valence-corrected chi connectivity index (χ2v) is 5.20. The number of amides is 1. The Hall–Kier alpha value is -1.95. The lowest BCUT2D eigenvalue weighted by atomic mass is 9.91. The second-order valence-electron chi connectivity index (χ2n) is 4.22. The quantitative estimate of drug-likeness (QED) is 0.619. The van der Waals surface area contributed by atoms with Gasteiger partial charge in [-0.1, -0.05) is 18.7 Å². The smallest absolute Gasteiger partial charge is 0.407 e. The van der Waals surface area contributed by atoms with Gasteiger partial charge in [-0.15, -0.1) is 11.3 Å². The number of hydrogen-bond donors (Lipinski definition) is 1. The summed E-state index contributed by atoms with van der Waals surface area (Å²) >= 11 is 1.37. The average Bonchev–Trinajstić information content (AvgIpc) is 2.88. The topological polar surface area (TPSA) is 72.5 Å². The van der Waals surface area contributed by atoms with Crippen LogP contribution in [0.5, 0.6) is 0 Å². The van der Waals surface area contributed by atoms with E-state index < -0.39 is 18.1 Å². The number of carbonyl (C=O) groups is 3. The Morgan fingerprint density at radius 2 is 2.05 bits per heavy atom. The molecule has 1 atom stereocenters. The maximum atomic E-state index is 11.7. The van der Waals surface area contributed by atoms with Crippen LogP contribution in [0.25, 0.3) is 0 Å². The molecule has 0 aliphatic heterocycles. The third-order valence-electron chi connectivity index (χ3n) is 2.66. The van der Waals surface area contributed by atoms with E-state index in [9.17, 15) is 14.4 Å². The van der Waals surface area contributed by atoms with Crippen LogP contribution in [0.4, 0.5) is 4.79 Å². The van der Waals surface area contributed by atoms with Crippen LogP contribution in [0.15, 0.2) is 30.2 Å². The van der Waals surface area contributed by atoms with Gasteiger partial charge in [0.05, 0.1) is 6.04 Å². The molecule has 6 heteroatoms. The third kappa shape index (κ3) is 4.31. The second kappa shape index (κ2) is 7.59. The number of rotatable bonds is 7. The zero-order valence-electron chi connectivity index (χ0n) is 11.4. The largest absolute Gasteiger partial charge is 0.445 e. The van der Waals surface area contributed by atoms with Gasteiger partial charge in [-0.25, -0.2) is 4.79 Å². The lowest BCUT2D eigenvalue weighted by molar-refractivity contribution is -0.131. The van der Waals surface area contributed by atoms with Crippen LogP contribution in [0.3, 0.4) is 0 Å². The van der Waals surface area contributed by atoms with E-state index in [1.54, 1.807) is 12.1 Å². The molecule has 0 aromatic carbocycles. The van der Waals surface area contributed by atoms with Gasteiger partial charge in [-0.3, -0.25) is 9.59 Å². The van der Waals surface area contributed by atoms with Crippen molar-refractivity contribution >= 4 is 29.0 Å². The minimum atomic E-state index is -0.912. The van der Waals surface area contributed by atoms with Crippen LogP contribution in [0.1, 0.15) is 24.8 Å². The summed E-state index contributed by atoms with van der Waals surface area (Å²) in [6.07, 6.45) is 0.753. The first-order valence-electron chi connectivity index (χ1n) is 6.05. The van der Waals surface area contributed by atoms with E-state index in [1.807, 2.05) is 5.38 Å². The molecule has 0 bridgehead atoms. The van der Waals surface area contributed by atoms with Crippen LogP contribution < -0.4 is 5.32 Å². The van der Waals surface area contributed by atoms with Crippen LogP contribution in [-0.2, 0) is 14.3 Å². The van der Waals surface area contributed by atoms with E-state index in [0.717, 1.165) is 4.88 Å².